The van der Waals surface area contributed by atoms with Gasteiger partial charge in [-0.2, -0.15) is 13.2 Å². The van der Waals surface area contributed by atoms with Crippen LogP contribution in [0, 0.1) is 5.92 Å². The Morgan fingerprint density at radius 3 is 2.41 bits per heavy atom. The lowest BCUT2D eigenvalue weighted by Gasteiger charge is -2.49. The van der Waals surface area contributed by atoms with Crippen molar-refractivity contribution in [2.45, 2.75) is 31.5 Å². The number of halogens is 3. The molecule has 0 radical (unpaired) electrons. The first-order chi connectivity index (χ1) is 16.3. The van der Waals surface area contributed by atoms with Crippen molar-refractivity contribution in [1.29, 1.82) is 0 Å². The van der Waals surface area contributed by atoms with Gasteiger partial charge in [-0.15, -0.1) is 0 Å². The molecule has 2 atom stereocenters. The topological polar surface area (TPSA) is 56.3 Å². The minimum Gasteiger partial charge on any atom is -0.378 e. The second-order valence-corrected chi connectivity index (χ2v) is 9.67. The summed E-state index contributed by atoms with van der Waals surface area (Å²) in [5.41, 5.74) is 0.691. The number of benzene rings is 1. The van der Waals surface area contributed by atoms with Gasteiger partial charge in [0.15, 0.2) is 0 Å². The third-order valence-electron chi connectivity index (χ3n) is 7.58. The summed E-state index contributed by atoms with van der Waals surface area (Å²) >= 11 is 0. The van der Waals surface area contributed by atoms with Crippen LogP contribution in [0.15, 0.2) is 18.2 Å². The van der Waals surface area contributed by atoms with Gasteiger partial charge in [0.05, 0.1) is 37.3 Å². The molecule has 0 spiro atoms. The van der Waals surface area contributed by atoms with Gasteiger partial charge < -0.3 is 19.4 Å². The van der Waals surface area contributed by atoms with Gasteiger partial charge in [0.1, 0.15) is 0 Å². The molecule has 7 nitrogen and oxygen atoms in total. The highest BCUT2D eigenvalue weighted by Crippen LogP contribution is 2.40. The molecule has 5 rings (SSSR count). The van der Waals surface area contributed by atoms with Crippen LogP contribution in [0.1, 0.15) is 24.0 Å². The molecule has 34 heavy (non-hydrogen) atoms. The maximum absolute atomic E-state index is 13.5. The minimum absolute atomic E-state index is 0.0249. The molecule has 0 aliphatic carbocycles. The molecule has 10 heteroatoms. The van der Waals surface area contributed by atoms with E-state index in [0.717, 1.165) is 24.6 Å². The molecular formula is C24H31F3N4O3. The normalized spacial score (nSPS) is 25.8. The largest absolute Gasteiger partial charge is 0.416 e. The molecule has 186 valence electrons. The third kappa shape index (κ3) is 4.62. The fraction of sp³-hybridized carbons (Fsp3) is 0.667. The van der Waals surface area contributed by atoms with Gasteiger partial charge in [0.2, 0.25) is 11.8 Å². The maximum atomic E-state index is 13.5. The first-order valence-electron chi connectivity index (χ1n) is 12.1. The molecular weight excluding hydrogens is 449 g/mol. The van der Waals surface area contributed by atoms with Crippen molar-refractivity contribution in [1.82, 2.24) is 14.7 Å². The van der Waals surface area contributed by atoms with E-state index in [4.69, 9.17) is 4.74 Å². The summed E-state index contributed by atoms with van der Waals surface area (Å²) in [7, 11) is 0. The molecule has 0 bridgehead atoms. The van der Waals surface area contributed by atoms with Crippen LogP contribution in [0.4, 0.5) is 18.9 Å². The summed E-state index contributed by atoms with van der Waals surface area (Å²) in [4.78, 5) is 34.2. The van der Waals surface area contributed by atoms with Crippen LogP contribution in [-0.2, 0) is 26.9 Å². The zero-order valence-corrected chi connectivity index (χ0v) is 19.2. The van der Waals surface area contributed by atoms with E-state index in [-0.39, 0.29) is 24.4 Å². The van der Waals surface area contributed by atoms with Crippen molar-refractivity contribution in [3.05, 3.63) is 29.3 Å². The molecule has 1 aromatic rings. The molecule has 4 aliphatic heterocycles. The molecule has 1 aromatic carbocycles. The summed E-state index contributed by atoms with van der Waals surface area (Å²) in [6, 6.07) is 3.73. The van der Waals surface area contributed by atoms with E-state index < -0.39 is 17.7 Å². The number of hydrogen-bond donors (Lipinski definition) is 0. The van der Waals surface area contributed by atoms with E-state index in [0.29, 0.717) is 71.0 Å². The van der Waals surface area contributed by atoms with Crippen LogP contribution in [-0.4, -0.2) is 98.1 Å². The number of piperazine rings is 1. The summed E-state index contributed by atoms with van der Waals surface area (Å²) in [6.45, 7) is 5.71. The summed E-state index contributed by atoms with van der Waals surface area (Å²) < 4.78 is 45.5. The van der Waals surface area contributed by atoms with Crippen LogP contribution in [0.3, 0.4) is 0 Å². The summed E-state index contributed by atoms with van der Waals surface area (Å²) in [6.07, 6.45) is -2.20. The van der Waals surface area contributed by atoms with Crippen LogP contribution in [0.5, 0.6) is 0 Å². The molecule has 4 heterocycles. The molecule has 2 amide bonds. The number of hydrogen-bond acceptors (Lipinski definition) is 5. The Bertz CT molecular complexity index is 929. The predicted octanol–water partition coefficient (Wildman–Crippen LogP) is 1.85. The summed E-state index contributed by atoms with van der Waals surface area (Å²) in [5, 5.41) is 0. The molecule has 0 saturated carbocycles. The third-order valence-corrected chi connectivity index (χ3v) is 7.58. The van der Waals surface area contributed by atoms with E-state index in [1.54, 1.807) is 6.07 Å². The number of morpholine rings is 1. The average Bonchev–Trinajstić information content (AvgIpc) is 3.37. The minimum atomic E-state index is -4.42. The highest BCUT2D eigenvalue weighted by molar-refractivity contribution is 5.83. The zero-order chi connectivity index (χ0) is 23.9. The number of anilines is 1. The van der Waals surface area contributed by atoms with Crippen LogP contribution >= 0.6 is 0 Å². The van der Waals surface area contributed by atoms with E-state index in [1.165, 1.54) is 6.07 Å². The average molecular weight is 481 g/mol. The Balaban J connectivity index is 1.38. The number of amides is 2. The first kappa shape index (κ1) is 23.4. The van der Waals surface area contributed by atoms with Gasteiger partial charge in [0, 0.05) is 51.5 Å². The van der Waals surface area contributed by atoms with Gasteiger partial charge in [-0.3, -0.25) is 14.5 Å². The van der Waals surface area contributed by atoms with Gasteiger partial charge in [0.25, 0.3) is 0 Å². The van der Waals surface area contributed by atoms with E-state index in [2.05, 4.69) is 9.80 Å². The van der Waals surface area contributed by atoms with Crippen molar-refractivity contribution in [3.8, 4) is 0 Å². The van der Waals surface area contributed by atoms with Gasteiger partial charge in [-0.1, -0.05) is 0 Å². The lowest BCUT2D eigenvalue weighted by molar-refractivity contribution is -0.138. The Kier molecular flexibility index (Phi) is 6.45. The quantitative estimate of drug-likeness (QED) is 0.661. The number of likely N-dealkylation sites (tertiary alicyclic amines) is 1. The second-order valence-electron chi connectivity index (χ2n) is 9.67. The first-order valence-corrected chi connectivity index (χ1v) is 12.1. The maximum Gasteiger partial charge on any atom is 0.416 e. The number of rotatable bonds is 3. The van der Waals surface area contributed by atoms with E-state index in [9.17, 15) is 22.8 Å². The SMILES string of the molecule is O=C(CN1CCN2c3ccc(C(F)(F)F)cc3CC(C(=O)N3CCCC3)C2C1)N1CCOCC1. The molecule has 0 aromatic heterocycles. The number of fused-ring (bicyclic) bond motifs is 3. The number of ether oxygens (including phenoxy) is 1. The smallest absolute Gasteiger partial charge is 0.378 e. The number of nitrogens with zero attached hydrogens (tertiary/aromatic N) is 4. The van der Waals surface area contributed by atoms with Crippen LogP contribution < -0.4 is 4.90 Å². The van der Waals surface area contributed by atoms with Crippen molar-refractivity contribution in [2.24, 2.45) is 5.92 Å². The molecule has 2 unspecified atom stereocenters. The van der Waals surface area contributed by atoms with E-state index in [1.807, 2.05) is 9.80 Å². The summed E-state index contributed by atoms with van der Waals surface area (Å²) in [5.74, 6) is -0.336. The predicted molar refractivity (Wildman–Crippen MR) is 119 cm³/mol. The fourth-order valence-electron chi connectivity index (χ4n) is 5.76. The monoisotopic (exact) mass is 480 g/mol. The van der Waals surface area contributed by atoms with Crippen molar-refractivity contribution < 1.29 is 27.5 Å². The highest BCUT2D eigenvalue weighted by Gasteiger charge is 2.44. The zero-order valence-electron chi connectivity index (χ0n) is 19.2. The van der Waals surface area contributed by atoms with Crippen molar-refractivity contribution in [3.63, 3.8) is 0 Å². The lowest BCUT2D eigenvalue weighted by Crippen LogP contribution is -2.62. The molecule has 0 N–H and O–H groups in total. The number of carbonyl (C=O) groups excluding carboxylic acids is 2. The van der Waals surface area contributed by atoms with E-state index >= 15 is 0 Å². The van der Waals surface area contributed by atoms with Gasteiger partial charge in [-0.25, -0.2) is 0 Å². The standard InChI is InChI=1S/C24H31F3N4O3/c25-24(26,27)18-3-4-20-17(13-18)14-19(23(33)30-5-1-2-6-30)21-15-28(7-8-31(20)21)16-22(32)29-9-11-34-12-10-29/h3-4,13,19,21H,1-2,5-12,14-16H2. The van der Waals surface area contributed by atoms with Crippen LogP contribution in [0.2, 0.25) is 0 Å². The van der Waals surface area contributed by atoms with Crippen molar-refractivity contribution in [2.75, 3.05) is 70.5 Å². The second kappa shape index (κ2) is 9.37. The lowest BCUT2D eigenvalue weighted by atomic mass is 9.82. The van der Waals surface area contributed by atoms with Crippen LogP contribution in [0.25, 0.3) is 0 Å². The Hall–Kier alpha value is -2.33. The Morgan fingerprint density at radius 1 is 0.971 bits per heavy atom. The number of alkyl halides is 3. The highest BCUT2D eigenvalue weighted by atomic mass is 19.4. The van der Waals surface area contributed by atoms with Gasteiger partial charge >= 0.3 is 6.18 Å². The number of carbonyl (C=O) groups is 2. The Morgan fingerprint density at radius 2 is 1.71 bits per heavy atom. The molecule has 3 fully saturated rings. The van der Waals surface area contributed by atoms with Gasteiger partial charge in [-0.05, 0) is 43.0 Å². The Labute approximate surface area is 197 Å². The molecule has 4 aliphatic rings. The molecule has 3 saturated heterocycles. The van der Waals surface area contributed by atoms with Crippen molar-refractivity contribution >= 4 is 17.5 Å². The fourth-order valence-corrected chi connectivity index (χ4v) is 5.76.